The third kappa shape index (κ3) is 1.96. The lowest BCUT2D eigenvalue weighted by atomic mass is 10.1. The summed E-state index contributed by atoms with van der Waals surface area (Å²) in [5.41, 5.74) is 0. The topological polar surface area (TPSA) is 12.5 Å². The van der Waals surface area contributed by atoms with Crippen LogP contribution in [-0.4, -0.2) is 37.7 Å². The zero-order valence-electron chi connectivity index (χ0n) is 6.97. The predicted octanol–water partition coefficient (Wildman–Crippen LogP) is 1.12. The number of rotatable bonds is 2. The summed E-state index contributed by atoms with van der Waals surface area (Å²) < 4.78 is 5.36. The molecule has 0 aromatic carbocycles. The molecule has 10 heavy (non-hydrogen) atoms. The zero-order chi connectivity index (χ0) is 7.40. The predicted molar refractivity (Wildman–Crippen MR) is 42.1 cm³/mol. The first kappa shape index (κ1) is 8.02. The van der Waals surface area contributed by atoms with Gasteiger partial charge in [-0.05, 0) is 26.4 Å². The number of likely N-dealkylation sites (N-methyl/N-ethyl adjacent to an activating group) is 1. The number of nitrogens with zero attached hydrogens (tertiary/aromatic N) is 1. The fourth-order valence-corrected chi connectivity index (χ4v) is 1.33. The molecule has 1 unspecified atom stereocenters. The van der Waals surface area contributed by atoms with Crippen molar-refractivity contribution in [2.24, 2.45) is 0 Å². The first-order valence-corrected chi connectivity index (χ1v) is 4.12. The highest BCUT2D eigenvalue weighted by Crippen LogP contribution is 2.10. The van der Waals surface area contributed by atoms with Crippen LogP contribution < -0.4 is 0 Å². The summed E-state index contributed by atoms with van der Waals surface area (Å²) in [6, 6.07) is 0.679. The Bertz CT molecular complexity index is 89.3. The summed E-state index contributed by atoms with van der Waals surface area (Å²) in [5.74, 6) is 0. The van der Waals surface area contributed by atoms with Crippen LogP contribution in [0.1, 0.15) is 19.8 Å². The van der Waals surface area contributed by atoms with E-state index in [9.17, 15) is 0 Å². The van der Waals surface area contributed by atoms with E-state index in [4.69, 9.17) is 4.74 Å². The Morgan fingerprint density at radius 1 is 1.60 bits per heavy atom. The summed E-state index contributed by atoms with van der Waals surface area (Å²) in [6.45, 7) is 5.22. The van der Waals surface area contributed by atoms with Crippen LogP contribution >= 0.6 is 0 Å². The molecule has 0 radical (unpaired) electrons. The summed E-state index contributed by atoms with van der Waals surface area (Å²) in [4.78, 5) is 2.36. The number of hydrogen-bond acceptors (Lipinski definition) is 2. The minimum atomic E-state index is 0.679. The van der Waals surface area contributed by atoms with Crippen molar-refractivity contribution in [3.05, 3.63) is 0 Å². The highest BCUT2D eigenvalue weighted by molar-refractivity contribution is 4.70. The van der Waals surface area contributed by atoms with Crippen molar-refractivity contribution < 1.29 is 4.74 Å². The van der Waals surface area contributed by atoms with Gasteiger partial charge in [-0.1, -0.05) is 6.92 Å². The molecule has 1 rings (SSSR count). The summed E-state index contributed by atoms with van der Waals surface area (Å²) in [7, 11) is 2.17. The van der Waals surface area contributed by atoms with Gasteiger partial charge < -0.3 is 9.64 Å². The SMILES string of the molecule is CCN(C)C1CCCOC1. The van der Waals surface area contributed by atoms with Gasteiger partial charge in [-0.15, -0.1) is 0 Å². The molecule has 0 spiro atoms. The molecular weight excluding hydrogens is 126 g/mol. The van der Waals surface area contributed by atoms with E-state index in [1.54, 1.807) is 0 Å². The van der Waals surface area contributed by atoms with Crippen molar-refractivity contribution in [1.29, 1.82) is 0 Å². The molecule has 1 fully saturated rings. The normalized spacial score (nSPS) is 27.3. The van der Waals surface area contributed by atoms with Gasteiger partial charge in [-0.3, -0.25) is 0 Å². The second-order valence-electron chi connectivity index (χ2n) is 2.94. The average molecular weight is 143 g/mol. The largest absolute Gasteiger partial charge is 0.380 e. The molecule has 0 aromatic rings. The molecule has 1 aliphatic heterocycles. The molecule has 60 valence electrons. The van der Waals surface area contributed by atoms with E-state index < -0.39 is 0 Å². The molecular formula is C8H17NO. The lowest BCUT2D eigenvalue weighted by Crippen LogP contribution is -2.38. The Hall–Kier alpha value is -0.0800. The third-order valence-electron chi connectivity index (χ3n) is 2.26. The smallest absolute Gasteiger partial charge is 0.0621 e. The molecule has 0 N–H and O–H groups in total. The molecule has 1 aliphatic rings. The van der Waals surface area contributed by atoms with Crippen LogP contribution in [0.4, 0.5) is 0 Å². The van der Waals surface area contributed by atoms with Crippen molar-refractivity contribution in [3.63, 3.8) is 0 Å². The van der Waals surface area contributed by atoms with E-state index in [0.29, 0.717) is 6.04 Å². The fourth-order valence-electron chi connectivity index (χ4n) is 1.33. The van der Waals surface area contributed by atoms with Gasteiger partial charge in [0, 0.05) is 12.6 Å². The van der Waals surface area contributed by atoms with Gasteiger partial charge in [0.15, 0.2) is 0 Å². The highest BCUT2D eigenvalue weighted by Gasteiger charge is 2.16. The van der Waals surface area contributed by atoms with E-state index in [0.717, 1.165) is 19.8 Å². The molecule has 0 saturated carbocycles. The minimum absolute atomic E-state index is 0.679. The van der Waals surface area contributed by atoms with Gasteiger partial charge in [0.2, 0.25) is 0 Å². The summed E-state index contributed by atoms with van der Waals surface area (Å²) in [5, 5.41) is 0. The van der Waals surface area contributed by atoms with Crippen molar-refractivity contribution >= 4 is 0 Å². The molecule has 2 nitrogen and oxygen atoms in total. The molecule has 0 aromatic heterocycles. The van der Waals surface area contributed by atoms with E-state index in [1.165, 1.54) is 12.8 Å². The molecule has 0 aliphatic carbocycles. The van der Waals surface area contributed by atoms with Crippen molar-refractivity contribution in [2.45, 2.75) is 25.8 Å². The maximum Gasteiger partial charge on any atom is 0.0621 e. The quantitative estimate of drug-likeness (QED) is 0.574. The molecule has 0 amide bonds. The summed E-state index contributed by atoms with van der Waals surface area (Å²) >= 11 is 0. The van der Waals surface area contributed by atoms with E-state index in [-0.39, 0.29) is 0 Å². The Morgan fingerprint density at radius 2 is 2.40 bits per heavy atom. The molecule has 1 heterocycles. The van der Waals surface area contributed by atoms with Crippen molar-refractivity contribution in [1.82, 2.24) is 4.90 Å². The molecule has 1 atom stereocenters. The molecule has 1 saturated heterocycles. The van der Waals surface area contributed by atoms with Gasteiger partial charge in [-0.25, -0.2) is 0 Å². The van der Waals surface area contributed by atoms with Gasteiger partial charge in [0.1, 0.15) is 0 Å². The standard InChI is InChI=1S/C8H17NO/c1-3-9(2)8-5-4-6-10-7-8/h8H,3-7H2,1-2H3. The minimum Gasteiger partial charge on any atom is -0.380 e. The van der Waals surface area contributed by atoms with Crippen LogP contribution in [0.2, 0.25) is 0 Å². The number of hydrogen-bond donors (Lipinski definition) is 0. The van der Waals surface area contributed by atoms with Crippen LogP contribution in [0, 0.1) is 0 Å². The van der Waals surface area contributed by atoms with E-state index in [2.05, 4.69) is 18.9 Å². The molecule has 0 bridgehead atoms. The Labute approximate surface area is 63.2 Å². The molecule has 2 heteroatoms. The van der Waals surface area contributed by atoms with Crippen LogP contribution in [0.3, 0.4) is 0 Å². The Balaban J connectivity index is 2.24. The number of ether oxygens (including phenoxy) is 1. The lowest BCUT2D eigenvalue weighted by Gasteiger charge is -2.29. The van der Waals surface area contributed by atoms with Crippen LogP contribution in [-0.2, 0) is 4.74 Å². The van der Waals surface area contributed by atoms with Crippen LogP contribution in [0.25, 0.3) is 0 Å². The third-order valence-corrected chi connectivity index (χ3v) is 2.26. The van der Waals surface area contributed by atoms with Crippen LogP contribution in [0.5, 0.6) is 0 Å². The van der Waals surface area contributed by atoms with Gasteiger partial charge in [0.05, 0.1) is 6.61 Å². The van der Waals surface area contributed by atoms with E-state index in [1.807, 2.05) is 0 Å². The maximum atomic E-state index is 5.36. The Kier molecular flexibility index (Phi) is 3.16. The maximum absolute atomic E-state index is 5.36. The van der Waals surface area contributed by atoms with Crippen LogP contribution in [0.15, 0.2) is 0 Å². The van der Waals surface area contributed by atoms with Gasteiger partial charge in [0.25, 0.3) is 0 Å². The second kappa shape index (κ2) is 3.94. The summed E-state index contributed by atoms with van der Waals surface area (Å²) in [6.07, 6.45) is 2.54. The highest BCUT2D eigenvalue weighted by atomic mass is 16.5. The first-order valence-electron chi connectivity index (χ1n) is 4.12. The lowest BCUT2D eigenvalue weighted by molar-refractivity contribution is 0.0295. The van der Waals surface area contributed by atoms with E-state index >= 15 is 0 Å². The van der Waals surface area contributed by atoms with Crippen molar-refractivity contribution in [3.8, 4) is 0 Å². The first-order chi connectivity index (χ1) is 4.84. The average Bonchev–Trinajstić information content (AvgIpc) is 2.05. The Morgan fingerprint density at radius 3 is 2.90 bits per heavy atom. The van der Waals surface area contributed by atoms with Gasteiger partial charge >= 0.3 is 0 Å². The van der Waals surface area contributed by atoms with Gasteiger partial charge in [-0.2, -0.15) is 0 Å². The fraction of sp³-hybridized carbons (Fsp3) is 1.00. The zero-order valence-corrected chi connectivity index (χ0v) is 6.97. The monoisotopic (exact) mass is 143 g/mol. The van der Waals surface area contributed by atoms with Crippen molar-refractivity contribution in [2.75, 3.05) is 26.8 Å². The second-order valence-corrected chi connectivity index (χ2v) is 2.94.